The van der Waals surface area contributed by atoms with Crippen LogP contribution in [0.2, 0.25) is 0 Å². The summed E-state index contributed by atoms with van der Waals surface area (Å²) in [6.07, 6.45) is 0.355. The lowest BCUT2D eigenvalue weighted by Crippen LogP contribution is -2.41. The zero-order chi connectivity index (χ0) is 21.5. The van der Waals surface area contributed by atoms with E-state index >= 15 is 0 Å². The van der Waals surface area contributed by atoms with Gasteiger partial charge in [0.05, 0.1) is 17.8 Å². The molecule has 0 aliphatic carbocycles. The Hall–Kier alpha value is -2.98. The molecular weight excluding hydrogens is 406 g/mol. The van der Waals surface area contributed by atoms with Gasteiger partial charge in [0.2, 0.25) is 16.0 Å². The van der Waals surface area contributed by atoms with E-state index in [1.807, 2.05) is 30.3 Å². The molecule has 0 saturated heterocycles. The van der Waals surface area contributed by atoms with Crippen LogP contribution in [-0.2, 0) is 29.5 Å². The van der Waals surface area contributed by atoms with Gasteiger partial charge in [-0.25, -0.2) is 13.4 Å². The molecule has 0 atom stereocenters. The van der Waals surface area contributed by atoms with E-state index in [2.05, 4.69) is 15.5 Å². The van der Waals surface area contributed by atoms with Crippen LogP contribution in [0.5, 0.6) is 0 Å². The minimum Gasteiger partial charge on any atom is -0.360 e. The minimum atomic E-state index is -3.84. The predicted octanol–water partition coefficient (Wildman–Crippen LogP) is 1.69. The largest absolute Gasteiger partial charge is 0.360 e. The molecule has 0 spiro atoms. The molecule has 30 heavy (non-hydrogen) atoms. The van der Waals surface area contributed by atoms with Crippen molar-refractivity contribution in [3.63, 3.8) is 0 Å². The maximum atomic E-state index is 13.3. The molecule has 0 bridgehead atoms. The van der Waals surface area contributed by atoms with Gasteiger partial charge in [0.15, 0.2) is 5.76 Å². The summed E-state index contributed by atoms with van der Waals surface area (Å²) in [6, 6.07) is 9.58. The maximum Gasteiger partial charge on any atom is 0.260 e. The van der Waals surface area contributed by atoms with Crippen molar-refractivity contribution >= 4 is 16.0 Å². The van der Waals surface area contributed by atoms with Crippen LogP contribution >= 0.6 is 0 Å². The lowest BCUT2D eigenvalue weighted by molar-refractivity contribution is 0.377. The number of rotatable bonds is 5. The van der Waals surface area contributed by atoms with Crippen LogP contribution in [0.25, 0.3) is 0 Å². The molecule has 1 aromatic carbocycles. The second-order valence-corrected chi connectivity index (χ2v) is 9.10. The summed E-state index contributed by atoms with van der Waals surface area (Å²) in [4.78, 5) is 18.0. The van der Waals surface area contributed by atoms with Crippen LogP contribution in [-0.4, -0.2) is 41.0 Å². The van der Waals surface area contributed by atoms with Gasteiger partial charge in [0.25, 0.3) is 5.56 Å². The summed E-state index contributed by atoms with van der Waals surface area (Å²) in [5.74, 6) is 0.702. The lowest BCUT2D eigenvalue weighted by atomic mass is 10.1. The standard InChI is InChI=1S/C20H23N5O4S/c1-13-18(14(2)29-23-13)30(27,28)24-10-9-17-16(12-24)19(26)25(20(21-3)22-17)11-15-7-5-4-6-8-15/h4-8H,9-12H2,1-3H3,(H,21,22). The quantitative estimate of drug-likeness (QED) is 0.657. The molecule has 158 valence electrons. The van der Waals surface area contributed by atoms with Gasteiger partial charge >= 0.3 is 0 Å². The highest BCUT2D eigenvalue weighted by molar-refractivity contribution is 7.89. The highest BCUT2D eigenvalue weighted by Gasteiger charge is 2.35. The molecule has 0 fully saturated rings. The number of hydrogen-bond acceptors (Lipinski definition) is 7. The highest BCUT2D eigenvalue weighted by Crippen LogP contribution is 2.27. The number of aromatic nitrogens is 3. The maximum absolute atomic E-state index is 13.3. The van der Waals surface area contributed by atoms with Gasteiger partial charge < -0.3 is 9.84 Å². The van der Waals surface area contributed by atoms with Crippen molar-refractivity contribution in [3.05, 3.63) is 69.0 Å². The third kappa shape index (κ3) is 3.41. The molecule has 4 rings (SSSR count). The van der Waals surface area contributed by atoms with Crippen LogP contribution < -0.4 is 10.9 Å². The Labute approximate surface area is 174 Å². The average Bonchev–Trinajstić information content (AvgIpc) is 3.09. The highest BCUT2D eigenvalue weighted by atomic mass is 32.2. The first-order chi connectivity index (χ1) is 14.3. The summed E-state index contributed by atoms with van der Waals surface area (Å²) >= 11 is 0. The van der Waals surface area contributed by atoms with E-state index in [4.69, 9.17) is 4.52 Å². The second kappa shape index (κ2) is 7.69. The fourth-order valence-corrected chi connectivity index (χ4v) is 5.47. The Kier molecular flexibility index (Phi) is 5.20. The molecule has 3 heterocycles. The number of sulfonamides is 1. The monoisotopic (exact) mass is 429 g/mol. The number of hydrogen-bond donors (Lipinski definition) is 1. The van der Waals surface area contributed by atoms with Crippen LogP contribution in [0.4, 0.5) is 5.95 Å². The van der Waals surface area contributed by atoms with Crippen molar-refractivity contribution in [3.8, 4) is 0 Å². The van der Waals surface area contributed by atoms with Gasteiger partial charge in [-0.1, -0.05) is 35.5 Å². The van der Waals surface area contributed by atoms with E-state index in [9.17, 15) is 13.2 Å². The summed E-state index contributed by atoms with van der Waals surface area (Å²) in [6.45, 7) is 3.70. The first kappa shape index (κ1) is 20.3. The molecule has 10 heteroatoms. The molecule has 1 aliphatic rings. The molecular formula is C20H23N5O4S. The van der Waals surface area contributed by atoms with Crippen LogP contribution in [0.1, 0.15) is 28.3 Å². The Balaban J connectivity index is 1.74. The molecule has 0 radical (unpaired) electrons. The van der Waals surface area contributed by atoms with Gasteiger partial charge in [-0.15, -0.1) is 0 Å². The van der Waals surface area contributed by atoms with Crippen molar-refractivity contribution in [2.45, 2.75) is 38.3 Å². The SMILES string of the molecule is CNc1nc2c(c(=O)n1Cc1ccccc1)CN(S(=O)(=O)c1c(C)noc1C)CC2. The van der Waals surface area contributed by atoms with Gasteiger partial charge in [-0.3, -0.25) is 9.36 Å². The summed E-state index contributed by atoms with van der Waals surface area (Å²) in [5.41, 5.74) is 2.04. The second-order valence-electron chi connectivity index (χ2n) is 7.23. The van der Waals surface area contributed by atoms with Crippen molar-refractivity contribution in [2.75, 3.05) is 18.9 Å². The van der Waals surface area contributed by atoms with Crippen molar-refractivity contribution in [1.82, 2.24) is 19.0 Å². The fraction of sp³-hybridized carbons (Fsp3) is 0.350. The Morgan fingerprint density at radius 2 is 1.93 bits per heavy atom. The van der Waals surface area contributed by atoms with E-state index in [0.717, 1.165) is 5.56 Å². The Morgan fingerprint density at radius 3 is 2.57 bits per heavy atom. The topological polar surface area (TPSA) is 110 Å². The summed E-state index contributed by atoms with van der Waals surface area (Å²) in [7, 11) is -2.13. The Bertz CT molecular complexity index is 1230. The van der Waals surface area contributed by atoms with Crippen molar-refractivity contribution in [2.24, 2.45) is 0 Å². The number of aryl methyl sites for hydroxylation is 2. The van der Waals surface area contributed by atoms with Gasteiger partial charge in [-0.2, -0.15) is 4.31 Å². The average molecular weight is 430 g/mol. The fourth-order valence-electron chi connectivity index (χ4n) is 3.77. The number of fused-ring (bicyclic) bond motifs is 1. The van der Waals surface area contributed by atoms with Crippen molar-refractivity contribution in [1.29, 1.82) is 0 Å². The van der Waals surface area contributed by atoms with Gasteiger partial charge in [0, 0.05) is 26.6 Å². The van der Waals surface area contributed by atoms with E-state index in [0.29, 0.717) is 35.9 Å². The lowest BCUT2D eigenvalue weighted by Gasteiger charge is -2.28. The number of benzene rings is 1. The zero-order valence-corrected chi connectivity index (χ0v) is 17.9. The minimum absolute atomic E-state index is 0.0354. The summed E-state index contributed by atoms with van der Waals surface area (Å²) < 4.78 is 34.3. The summed E-state index contributed by atoms with van der Waals surface area (Å²) in [5, 5.41) is 6.74. The van der Waals surface area contributed by atoms with Gasteiger partial charge in [0.1, 0.15) is 10.6 Å². The van der Waals surface area contributed by atoms with E-state index in [1.165, 1.54) is 4.31 Å². The van der Waals surface area contributed by atoms with E-state index in [1.54, 1.807) is 25.5 Å². The molecule has 1 N–H and O–H groups in total. The first-order valence-electron chi connectivity index (χ1n) is 9.60. The molecule has 0 unspecified atom stereocenters. The number of anilines is 1. The molecule has 0 amide bonds. The molecule has 2 aromatic heterocycles. The molecule has 1 aliphatic heterocycles. The zero-order valence-electron chi connectivity index (χ0n) is 17.0. The van der Waals surface area contributed by atoms with Crippen LogP contribution in [0.3, 0.4) is 0 Å². The Morgan fingerprint density at radius 1 is 1.20 bits per heavy atom. The number of nitrogens with zero attached hydrogens (tertiary/aromatic N) is 4. The van der Waals surface area contributed by atoms with Crippen LogP contribution in [0.15, 0.2) is 44.5 Å². The third-order valence-electron chi connectivity index (χ3n) is 5.25. The normalized spacial score (nSPS) is 14.5. The van der Waals surface area contributed by atoms with E-state index < -0.39 is 10.0 Å². The molecule has 3 aromatic rings. The molecule has 9 nitrogen and oxygen atoms in total. The number of nitrogens with one attached hydrogen (secondary N) is 1. The molecule has 0 saturated carbocycles. The van der Waals surface area contributed by atoms with Gasteiger partial charge in [-0.05, 0) is 19.4 Å². The van der Waals surface area contributed by atoms with Crippen molar-refractivity contribution < 1.29 is 12.9 Å². The van der Waals surface area contributed by atoms with Crippen LogP contribution in [0, 0.1) is 13.8 Å². The third-order valence-corrected chi connectivity index (χ3v) is 7.34. The van der Waals surface area contributed by atoms with E-state index in [-0.39, 0.29) is 29.3 Å². The predicted molar refractivity (Wildman–Crippen MR) is 111 cm³/mol. The smallest absolute Gasteiger partial charge is 0.260 e. The first-order valence-corrected chi connectivity index (χ1v) is 11.0.